The average molecular weight is 522 g/mol. The third-order valence-electron chi connectivity index (χ3n) is 6.91. The van der Waals surface area contributed by atoms with Crippen LogP contribution in [0.15, 0.2) is 94.8 Å². The van der Waals surface area contributed by atoms with Gasteiger partial charge in [-0.3, -0.25) is 4.79 Å². The lowest BCUT2D eigenvalue weighted by Gasteiger charge is -2.31. The first-order valence-electron chi connectivity index (χ1n) is 12.8. The van der Waals surface area contributed by atoms with Crippen molar-refractivity contribution >= 4 is 17.2 Å². The number of carbonyl (C=O) groups is 1. The van der Waals surface area contributed by atoms with Crippen molar-refractivity contribution in [1.29, 1.82) is 0 Å². The topological polar surface area (TPSA) is 68.5 Å². The number of piperidine rings is 1. The van der Waals surface area contributed by atoms with Gasteiger partial charge in [-0.2, -0.15) is 0 Å². The summed E-state index contributed by atoms with van der Waals surface area (Å²) >= 11 is 1.67. The Kier molecular flexibility index (Phi) is 6.75. The lowest BCUT2D eigenvalue weighted by molar-refractivity contribution is 0.0710. The fourth-order valence-corrected chi connectivity index (χ4v) is 5.89. The number of aryl methyl sites for hydroxylation is 1. The fraction of sp³-hybridized carbons (Fsp3) is 0.194. The maximum atomic E-state index is 13.4. The maximum Gasteiger partial charge on any atom is 0.257 e. The molecule has 0 spiro atoms. The fourth-order valence-electron chi connectivity index (χ4n) is 4.90. The molecule has 0 atom stereocenters. The van der Waals surface area contributed by atoms with Crippen LogP contribution in [0.3, 0.4) is 0 Å². The van der Waals surface area contributed by atoms with E-state index in [1.807, 2.05) is 96.8 Å². The molecule has 7 heteroatoms. The summed E-state index contributed by atoms with van der Waals surface area (Å²) in [6.45, 7) is 3.29. The van der Waals surface area contributed by atoms with E-state index in [1.165, 1.54) is 0 Å². The Hall–Kier alpha value is -4.23. The molecule has 1 amide bonds. The zero-order valence-corrected chi connectivity index (χ0v) is 21.9. The molecule has 3 heterocycles. The molecule has 1 aliphatic rings. The SMILES string of the molecule is Cc1onc(-c2ccccc2)c1-c1csc(C2CCN(C(=O)c3ccccc3Oc3ccccc3)CC2)n1. The maximum absolute atomic E-state index is 13.4. The normalized spacial score (nSPS) is 14.0. The first kappa shape index (κ1) is 24.1. The molecule has 0 bridgehead atoms. The standard InChI is InChI=1S/C31H27N3O3S/c1-21-28(29(33-37-21)22-10-4-2-5-11-22)26-20-38-30(32-26)23-16-18-34(19-17-23)31(35)25-14-8-9-15-27(25)36-24-12-6-3-7-13-24/h2-15,20,23H,16-19H2,1H3. The number of carbonyl (C=O) groups excluding carboxylic acids is 1. The second-order valence-electron chi connectivity index (χ2n) is 9.38. The van der Waals surface area contributed by atoms with E-state index in [2.05, 4.69) is 10.5 Å². The molecule has 1 saturated heterocycles. The summed E-state index contributed by atoms with van der Waals surface area (Å²) < 4.78 is 11.6. The van der Waals surface area contributed by atoms with Crippen molar-refractivity contribution < 1.29 is 14.1 Å². The molecule has 38 heavy (non-hydrogen) atoms. The number of hydrogen-bond donors (Lipinski definition) is 0. The van der Waals surface area contributed by atoms with Crippen LogP contribution in [0.4, 0.5) is 0 Å². The molecule has 2 aromatic heterocycles. The molecular weight excluding hydrogens is 494 g/mol. The van der Waals surface area contributed by atoms with E-state index >= 15 is 0 Å². The monoisotopic (exact) mass is 521 g/mol. The number of benzene rings is 3. The summed E-state index contributed by atoms with van der Waals surface area (Å²) in [5, 5.41) is 7.50. The number of para-hydroxylation sites is 2. The largest absolute Gasteiger partial charge is 0.457 e. The van der Waals surface area contributed by atoms with E-state index < -0.39 is 0 Å². The minimum Gasteiger partial charge on any atom is -0.457 e. The summed E-state index contributed by atoms with van der Waals surface area (Å²) in [5.74, 6) is 2.37. The Balaban J connectivity index is 1.15. The van der Waals surface area contributed by atoms with Gasteiger partial charge >= 0.3 is 0 Å². The predicted octanol–water partition coefficient (Wildman–Crippen LogP) is 7.59. The third-order valence-corrected chi connectivity index (χ3v) is 7.92. The van der Waals surface area contributed by atoms with Crippen LogP contribution >= 0.6 is 11.3 Å². The van der Waals surface area contributed by atoms with Crippen molar-refractivity contribution in [3.05, 3.63) is 107 Å². The van der Waals surface area contributed by atoms with Gasteiger partial charge in [0.05, 0.1) is 21.8 Å². The van der Waals surface area contributed by atoms with Crippen molar-refractivity contribution in [3.63, 3.8) is 0 Å². The molecule has 3 aromatic carbocycles. The molecule has 0 unspecified atom stereocenters. The Bertz CT molecular complexity index is 1540. The molecule has 6 nitrogen and oxygen atoms in total. The minimum atomic E-state index is 0.00223. The predicted molar refractivity (Wildman–Crippen MR) is 149 cm³/mol. The lowest BCUT2D eigenvalue weighted by Crippen LogP contribution is -2.38. The second-order valence-corrected chi connectivity index (χ2v) is 10.3. The molecule has 0 saturated carbocycles. The molecule has 5 aromatic rings. The van der Waals surface area contributed by atoms with Gasteiger partial charge in [-0.05, 0) is 44.0 Å². The number of likely N-dealkylation sites (tertiary alicyclic amines) is 1. The van der Waals surface area contributed by atoms with Gasteiger partial charge in [0, 0.05) is 30.0 Å². The van der Waals surface area contributed by atoms with Crippen molar-refractivity contribution in [1.82, 2.24) is 15.0 Å². The quantitative estimate of drug-likeness (QED) is 0.230. The highest BCUT2D eigenvalue weighted by atomic mass is 32.1. The molecule has 1 fully saturated rings. The van der Waals surface area contributed by atoms with E-state index in [0.717, 1.165) is 46.1 Å². The van der Waals surface area contributed by atoms with E-state index in [-0.39, 0.29) is 5.91 Å². The van der Waals surface area contributed by atoms with Gasteiger partial charge in [0.15, 0.2) is 0 Å². The van der Waals surface area contributed by atoms with Gasteiger partial charge in [-0.25, -0.2) is 4.98 Å². The first-order chi connectivity index (χ1) is 18.7. The molecule has 190 valence electrons. The number of amides is 1. The van der Waals surface area contributed by atoms with E-state index in [0.29, 0.717) is 36.1 Å². The molecular formula is C31H27N3O3S. The van der Waals surface area contributed by atoms with Crippen molar-refractivity contribution in [2.45, 2.75) is 25.7 Å². The smallest absolute Gasteiger partial charge is 0.257 e. The zero-order chi connectivity index (χ0) is 25.9. The van der Waals surface area contributed by atoms with Gasteiger partial charge in [-0.1, -0.05) is 65.8 Å². The highest BCUT2D eigenvalue weighted by Gasteiger charge is 2.28. The van der Waals surface area contributed by atoms with Gasteiger partial charge in [0.1, 0.15) is 23.0 Å². The summed E-state index contributed by atoms with van der Waals surface area (Å²) in [6.07, 6.45) is 1.74. The van der Waals surface area contributed by atoms with Crippen molar-refractivity contribution in [2.75, 3.05) is 13.1 Å². The van der Waals surface area contributed by atoms with E-state index in [4.69, 9.17) is 14.2 Å². The van der Waals surface area contributed by atoms with Crippen LogP contribution in [0, 0.1) is 6.92 Å². The number of ether oxygens (including phenoxy) is 1. The number of aromatic nitrogens is 2. The molecule has 1 aliphatic heterocycles. The Labute approximate surface area is 225 Å². The molecule has 0 radical (unpaired) electrons. The second kappa shape index (κ2) is 10.6. The summed E-state index contributed by atoms with van der Waals surface area (Å²) in [6, 6.07) is 27.1. The third kappa shape index (κ3) is 4.85. The van der Waals surface area contributed by atoms with Crippen molar-refractivity contribution in [2.24, 2.45) is 0 Å². The Morgan fingerprint density at radius 1 is 0.947 bits per heavy atom. The highest BCUT2D eigenvalue weighted by Crippen LogP contribution is 2.38. The Morgan fingerprint density at radius 3 is 2.39 bits per heavy atom. The van der Waals surface area contributed by atoms with Gasteiger partial charge < -0.3 is 14.2 Å². The van der Waals surface area contributed by atoms with Crippen LogP contribution in [0.5, 0.6) is 11.5 Å². The number of rotatable bonds is 6. The van der Waals surface area contributed by atoms with Crippen LogP contribution in [-0.2, 0) is 0 Å². The molecule has 0 N–H and O–H groups in total. The van der Waals surface area contributed by atoms with Crippen LogP contribution in [0.1, 0.15) is 39.9 Å². The van der Waals surface area contributed by atoms with Gasteiger partial charge in [-0.15, -0.1) is 11.3 Å². The van der Waals surface area contributed by atoms with E-state index in [1.54, 1.807) is 11.3 Å². The average Bonchev–Trinajstić information content (AvgIpc) is 3.61. The highest BCUT2D eigenvalue weighted by molar-refractivity contribution is 7.10. The number of thiazole rings is 1. The van der Waals surface area contributed by atoms with Crippen molar-refractivity contribution in [3.8, 4) is 34.0 Å². The summed E-state index contributed by atoms with van der Waals surface area (Å²) in [4.78, 5) is 20.4. The van der Waals surface area contributed by atoms with Crippen LogP contribution in [-0.4, -0.2) is 34.0 Å². The molecule has 0 aliphatic carbocycles. The molecule has 6 rings (SSSR count). The van der Waals surface area contributed by atoms with Crippen LogP contribution < -0.4 is 4.74 Å². The van der Waals surface area contributed by atoms with Crippen LogP contribution in [0.25, 0.3) is 22.5 Å². The van der Waals surface area contributed by atoms with Crippen LogP contribution in [0.2, 0.25) is 0 Å². The first-order valence-corrected chi connectivity index (χ1v) is 13.6. The number of nitrogens with zero attached hydrogens (tertiary/aromatic N) is 3. The number of hydrogen-bond acceptors (Lipinski definition) is 6. The minimum absolute atomic E-state index is 0.00223. The van der Waals surface area contributed by atoms with Gasteiger partial charge in [0.25, 0.3) is 5.91 Å². The Morgan fingerprint density at radius 2 is 1.63 bits per heavy atom. The summed E-state index contributed by atoms with van der Waals surface area (Å²) in [5.41, 5.74) is 4.26. The lowest BCUT2D eigenvalue weighted by atomic mass is 9.96. The van der Waals surface area contributed by atoms with Gasteiger partial charge in [0.2, 0.25) is 0 Å². The summed E-state index contributed by atoms with van der Waals surface area (Å²) in [7, 11) is 0. The van der Waals surface area contributed by atoms with E-state index in [9.17, 15) is 4.79 Å². The zero-order valence-electron chi connectivity index (χ0n) is 21.0.